The molecule has 5 rings (SSSR count). The van der Waals surface area contributed by atoms with E-state index in [0.717, 1.165) is 11.3 Å². The number of hydrogen-bond acceptors (Lipinski definition) is 10. The quantitative estimate of drug-likeness (QED) is 0.359. The summed E-state index contributed by atoms with van der Waals surface area (Å²) in [6.07, 6.45) is -0.426. The first-order chi connectivity index (χ1) is 20.6. The fraction of sp³-hybridized carbons (Fsp3) is 0.323. The molecule has 43 heavy (non-hydrogen) atoms. The first kappa shape index (κ1) is 29.8. The molecule has 2 aliphatic heterocycles. The highest BCUT2D eigenvalue weighted by molar-refractivity contribution is 7.07. The average molecular weight is 606 g/mol. The predicted octanol–water partition coefficient (Wildman–Crippen LogP) is 2.48. The normalized spacial score (nSPS) is 17.0. The minimum Gasteiger partial charge on any atom is -0.497 e. The van der Waals surface area contributed by atoms with Gasteiger partial charge in [0.2, 0.25) is 0 Å². The Kier molecular flexibility index (Phi) is 8.23. The van der Waals surface area contributed by atoms with E-state index in [-0.39, 0.29) is 33.6 Å². The maximum Gasteiger partial charge on any atom is 0.338 e. The van der Waals surface area contributed by atoms with E-state index in [1.54, 1.807) is 70.2 Å². The minimum atomic E-state index is -0.996. The Morgan fingerprint density at radius 1 is 1.07 bits per heavy atom. The molecule has 2 aromatic carbocycles. The van der Waals surface area contributed by atoms with Gasteiger partial charge in [0.1, 0.15) is 28.6 Å². The number of aromatic nitrogens is 1. The van der Waals surface area contributed by atoms with Crippen LogP contribution in [0.5, 0.6) is 11.5 Å². The van der Waals surface area contributed by atoms with Crippen LogP contribution in [0.15, 0.2) is 63.5 Å². The lowest BCUT2D eigenvalue weighted by Gasteiger charge is -2.26. The van der Waals surface area contributed by atoms with E-state index in [9.17, 15) is 19.2 Å². The zero-order valence-electron chi connectivity index (χ0n) is 24.6. The third-order valence-electron chi connectivity index (χ3n) is 7.03. The molecule has 3 aromatic rings. The molecule has 1 aromatic heterocycles. The Bertz CT molecular complexity index is 1850. The van der Waals surface area contributed by atoms with Gasteiger partial charge < -0.3 is 18.9 Å². The van der Waals surface area contributed by atoms with E-state index in [2.05, 4.69) is 4.99 Å². The summed E-state index contributed by atoms with van der Waals surface area (Å²) in [5.41, 5.74) is 1.61. The molecule has 0 bridgehead atoms. The smallest absolute Gasteiger partial charge is 0.338 e. The fourth-order valence-electron chi connectivity index (χ4n) is 5.25. The number of para-hydroxylation sites is 1. The molecule has 1 atom stereocenters. The van der Waals surface area contributed by atoms with E-state index in [1.807, 2.05) is 0 Å². The van der Waals surface area contributed by atoms with E-state index in [0.29, 0.717) is 34.0 Å². The molecule has 12 heteroatoms. The van der Waals surface area contributed by atoms with Gasteiger partial charge in [-0.2, -0.15) is 0 Å². The number of benzene rings is 2. The van der Waals surface area contributed by atoms with Crippen LogP contribution in [0.1, 0.15) is 44.9 Å². The van der Waals surface area contributed by atoms with Crippen molar-refractivity contribution in [2.75, 3.05) is 32.3 Å². The Morgan fingerprint density at radius 3 is 2.49 bits per heavy atom. The van der Waals surface area contributed by atoms with E-state index in [1.165, 1.54) is 23.7 Å². The summed E-state index contributed by atoms with van der Waals surface area (Å²) >= 11 is 1.04. The lowest BCUT2D eigenvalue weighted by molar-refractivity contribution is -0.143. The molecule has 0 saturated carbocycles. The number of rotatable bonds is 8. The Labute approximate surface area is 251 Å². The lowest BCUT2D eigenvalue weighted by atomic mass is 9.94. The summed E-state index contributed by atoms with van der Waals surface area (Å²) < 4.78 is 23.3. The van der Waals surface area contributed by atoms with Crippen molar-refractivity contribution in [3.63, 3.8) is 0 Å². The largest absolute Gasteiger partial charge is 0.497 e. The van der Waals surface area contributed by atoms with Crippen molar-refractivity contribution in [2.24, 2.45) is 4.99 Å². The van der Waals surface area contributed by atoms with Gasteiger partial charge in [-0.1, -0.05) is 29.5 Å². The number of fused-ring (bicyclic) bond motifs is 2. The second-order valence-electron chi connectivity index (χ2n) is 10.1. The zero-order valence-corrected chi connectivity index (χ0v) is 25.4. The van der Waals surface area contributed by atoms with Crippen molar-refractivity contribution in [1.29, 1.82) is 0 Å². The molecular formula is C31H31N3O8S. The van der Waals surface area contributed by atoms with Gasteiger partial charge in [-0.3, -0.25) is 23.9 Å². The Morgan fingerprint density at radius 2 is 1.81 bits per heavy atom. The van der Waals surface area contributed by atoms with Crippen LogP contribution in [0.3, 0.4) is 0 Å². The number of allylic oxidation sites excluding steroid dienone is 1. The number of carbonyl (C=O) groups excluding carboxylic acids is 3. The van der Waals surface area contributed by atoms with Crippen LogP contribution >= 0.6 is 11.3 Å². The molecule has 0 N–H and O–H groups in total. The van der Waals surface area contributed by atoms with Gasteiger partial charge in [0, 0.05) is 11.1 Å². The number of nitrogens with zero attached hydrogens (tertiary/aromatic N) is 3. The average Bonchev–Trinajstić information content (AvgIpc) is 3.43. The molecule has 0 saturated heterocycles. The molecule has 224 valence electrons. The molecule has 0 spiro atoms. The van der Waals surface area contributed by atoms with E-state index >= 15 is 0 Å². The van der Waals surface area contributed by atoms with Crippen molar-refractivity contribution < 1.29 is 33.3 Å². The number of anilines is 1. The van der Waals surface area contributed by atoms with Crippen molar-refractivity contribution in [1.82, 2.24) is 4.57 Å². The van der Waals surface area contributed by atoms with Crippen molar-refractivity contribution in [3.8, 4) is 11.5 Å². The highest BCUT2D eigenvalue weighted by Gasteiger charge is 2.39. The Hall–Kier alpha value is -4.71. The van der Waals surface area contributed by atoms with E-state index < -0.39 is 35.6 Å². The predicted molar refractivity (Wildman–Crippen MR) is 159 cm³/mol. The molecule has 0 unspecified atom stereocenters. The van der Waals surface area contributed by atoms with Crippen LogP contribution in [0.2, 0.25) is 0 Å². The maximum absolute atomic E-state index is 14.4. The molecular weight excluding hydrogens is 574 g/mol. The molecule has 3 heterocycles. The van der Waals surface area contributed by atoms with Crippen LogP contribution in [-0.4, -0.2) is 55.9 Å². The van der Waals surface area contributed by atoms with Gasteiger partial charge in [0.05, 0.1) is 49.5 Å². The second kappa shape index (κ2) is 11.9. The summed E-state index contributed by atoms with van der Waals surface area (Å²) in [6.45, 7) is 6.69. The number of hydrogen-bond donors (Lipinski definition) is 0. The zero-order chi connectivity index (χ0) is 31.0. The first-order valence-corrected chi connectivity index (χ1v) is 14.5. The molecule has 0 fully saturated rings. The van der Waals surface area contributed by atoms with Gasteiger partial charge in [-0.05, 0) is 52.0 Å². The molecule has 2 aliphatic rings. The van der Waals surface area contributed by atoms with Crippen LogP contribution in [0.4, 0.5) is 5.69 Å². The minimum absolute atomic E-state index is 0.126. The molecule has 0 radical (unpaired) electrons. The Balaban J connectivity index is 1.80. The highest BCUT2D eigenvalue weighted by atomic mass is 32.1. The maximum atomic E-state index is 14.4. The van der Waals surface area contributed by atoms with Crippen molar-refractivity contribution in [2.45, 2.75) is 39.8 Å². The third-order valence-corrected chi connectivity index (χ3v) is 8.09. The first-order valence-electron chi connectivity index (χ1n) is 13.7. The summed E-state index contributed by atoms with van der Waals surface area (Å²) in [6, 6.07) is 11.0. The number of methoxy groups -OCH3 is 2. The van der Waals surface area contributed by atoms with Gasteiger partial charge in [-0.25, -0.2) is 9.79 Å². The van der Waals surface area contributed by atoms with Crippen molar-refractivity contribution >= 4 is 40.4 Å². The van der Waals surface area contributed by atoms with Gasteiger partial charge >= 0.3 is 11.9 Å². The summed E-state index contributed by atoms with van der Waals surface area (Å²) in [5, 5.41) is 0. The summed E-state index contributed by atoms with van der Waals surface area (Å²) in [7, 11) is 3.00. The number of amides is 1. The summed E-state index contributed by atoms with van der Waals surface area (Å²) in [5.74, 6) is -0.808. The monoisotopic (exact) mass is 605 g/mol. The fourth-order valence-corrected chi connectivity index (χ4v) is 6.39. The number of carbonyl (C=O) groups is 3. The van der Waals surface area contributed by atoms with Crippen LogP contribution in [0.25, 0.3) is 5.57 Å². The van der Waals surface area contributed by atoms with Crippen LogP contribution < -0.4 is 29.3 Å². The molecule has 0 aliphatic carbocycles. The van der Waals surface area contributed by atoms with Gasteiger partial charge in [0.15, 0.2) is 4.80 Å². The lowest BCUT2D eigenvalue weighted by Crippen LogP contribution is -2.41. The number of ether oxygens (including phenoxy) is 4. The van der Waals surface area contributed by atoms with Crippen LogP contribution in [0, 0.1) is 0 Å². The summed E-state index contributed by atoms with van der Waals surface area (Å²) in [4.78, 5) is 60.4. The molecule has 1 amide bonds. The second-order valence-corrected chi connectivity index (χ2v) is 11.0. The van der Waals surface area contributed by atoms with Crippen LogP contribution in [-0.2, 0) is 23.9 Å². The standard InChI is InChI=1S/C31H31N3O8S/c1-7-41-23(35)15-33-21-11-9-8-10-19(21)25(28(33)36)27-29(37)34-26(20-14-18(39-5)12-13-22(20)40-6)24(30(38)42-16(2)3)17(4)32-31(34)43-27/h8-14,16,26H,7,15H2,1-6H3/b27-25-/t26-/m1/s1. The van der Waals surface area contributed by atoms with Crippen molar-refractivity contribution in [3.05, 3.63) is 84.5 Å². The topological polar surface area (TPSA) is 126 Å². The SMILES string of the molecule is CCOC(=O)CN1C(=O)/C(=c2\sc3n(c2=O)[C@H](c2cc(OC)ccc2OC)C(C(=O)OC(C)C)=C(C)N=3)c2ccccc21. The van der Waals surface area contributed by atoms with Gasteiger partial charge in [0.25, 0.3) is 11.5 Å². The third kappa shape index (κ3) is 5.22. The highest BCUT2D eigenvalue weighted by Crippen LogP contribution is 2.39. The number of esters is 2. The number of thiazole rings is 1. The molecule has 11 nitrogen and oxygen atoms in total. The van der Waals surface area contributed by atoms with Gasteiger partial charge in [-0.15, -0.1) is 0 Å². The van der Waals surface area contributed by atoms with E-state index in [4.69, 9.17) is 18.9 Å².